The molecule has 1 aliphatic rings. The van der Waals surface area contributed by atoms with Crippen LogP contribution in [0.5, 0.6) is 0 Å². The third-order valence-electron chi connectivity index (χ3n) is 5.23. The quantitative estimate of drug-likeness (QED) is 0.661. The van der Waals surface area contributed by atoms with E-state index < -0.39 is 0 Å². The predicted molar refractivity (Wildman–Crippen MR) is 111 cm³/mol. The van der Waals surface area contributed by atoms with Crippen LogP contribution in [0.3, 0.4) is 0 Å². The van der Waals surface area contributed by atoms with Gasteiger partial charge in [-0.05, 0) is 37.5 Å². The Balaban J connectivity index is 1.69. The second-order valence-corrected chi connectivity index (χ2v) is 7.56. The summed E-state index contributed by atoms with van der Waals surface area (Å²) in [4.78, 5) is 12.9. The highest BCUT2D eigenvalue weighted by molar-refractivity contribution is 6.31. The number of benzene rings is 2. The number of fused-ring (bicyclic) bond motifs is 1. The number of amides is 1. The molecule has 5 nitrogen and oxygen atoms in total. The summed E-state index contributed by atoms with van der Waals surface area (Å²) < 4.78 is 7.45. The van der Waals surface area contributed by atoms with Crippen molar-refractivity contribution in [3.63, 3.8) is 0 Å². The maximum atomic E-state index is 12.9. The molecule has 2 heterocycles. The first-order chi connectivity index (χ1) is 13.7. The Morgan fingerprint density at radius 2 is 2.14 bits per heavy atom. The molecule has 0 saturated carbocycles. The summed E-state index contributed by atoms with van der Waals surface area (Å²) in [5, 5.41) is 9.49. The number of nitrogens with one attached hydrogen (secondary N) is 1. The van der Waals surface area contributed by atoms with Gasteiger partial charge in [0.1, 0.15) is 11.7 Å². The van der Waals surface area contributed by atoms with Crippen molar-refractivity contribution < 1.29 is 9.53 Å². The van der Waals surface area contributed by atoms with Crippen LogP contribution in [0.25, 0.3) is 22.2 Å². The number of carbonyl (C=O) groups is 1. The molecule has 0 spiro atoms. The van der Waals surface area contributed by atoms with Gasteiger partial charge in [-0.15, -0.1) is 0 Å². The zero-order chi connectivity index (χ0) is 19.5. The molecular weight excluding hydrogens is 374 g/mol. The van der Waals surface area contributed by atoms with Crippen LogP contribution in [0.15, 0.2) is 48.5 Å². The second-order valence-electron chi connectivity index (χ2n) is 7.12. The van der Waals surface area contributed by atoms with Crippen molar-refractivity contribution in [1.82, 2.24) is 15.1 Å². The summed E-state index contributed by atoms with van der Waals surface area (Å²) in [5.74, 6) is -0.0306. The molecule has 146 valence electrons. The van der Waals surface area contributed by atoms with Crippen LogP contribution < -0.4 is 5.32 Å². The summed E-state index contributed by atoms with van der Waals surface area (Å²) in [6.45, 7) is 3.33. The molecule has 1 aliphatic heterocycles. The van der Waals surface area contributed by atoms with Gasteiger partial charge in [0, 0.05) is 29.1 Å². The van der Waals surface area contributed by atoms with E-state index in [4.69, 9.17) is 21.4 Å². The normalized spacial score (nSPS) is 17.7. The summed E-state index contributed by atoms with van der Waals surface area (Å²) in [5.41, 5.74) is 2.74. The highest BCUT2D eigenvalue weighted by atomic mass is 35.5. The molecule has 28 heavy (non-hydrogen) atoms. The van der Waals surface area contributed by atoms with Crippen LogP contribution in [-0.2, 0) is 9.53 Å². The number of carbonyl (C=O) groups excluding carboxylic acids is 1. The van der Waals surface area contributed by atoms with Crippen LogP contribution >= 0.6 is 11.6 Å². The SMILES string of the molecule is CCC(C(=O)NCC1CCCO1)n1nc(-c2ccccc2)c2cc(Cl)ccc21. The third kappa shape index (κ3) is 3.77. The fourth-order valence-corrected chi connectivity index (χ4v) is 3.94. The maximum absolute atomic E-state index is 12.9. The lowest BCUT2D eigenvalue weighted by molar-refractivity contribution is -0.125. The molecule has 1 fully saturated rings. The van der Waals surface area contributed by atoms with Gasteiger partial charge < -0.3 is 10.1 Å². The maximum Gasteiger partial charge on any atom is 0.244 e. The fraction of sp³-hybridized carbons (Fsp3) is 0.364. The lowest BCUT2D eigenvalue weighted by atomic mass is 10.1. The van der Waals surface area contributed by atoms with Gasteiger partial charge >= 0.3 is 0 Å². The molecule has 1 saturated heterocycles. The highest BCUT2D eigenvalue weighted by Crippen LogP contribution is 2.32. The lowest BCUT2D eigenvalue weighted by Gasteiger charge is -2.18. The van der Waals surface area contributed by atoms with Gasteiger partial charge in [0.05, 0.1) is 11.6 Å². The summed E-state index contributed by atoms with van der Waals surface area (Å²) in [6, 6.07) is 15.3. The number of hydrogen-bond acceptors (Lipinski definition) is 3. The molecule has 6 heteroatoms. The summed E-state index contributed by atoms with van der Waals surface area (Å²) >= 11 is 6.26. The third-order valence-corrected chi connectivity index (χ3v) is 5.46. The molecule has 0 aliphatic carbocycles. The highest BCUT2D eigenvalue weighted by Gasteiger charge is 2.25. The molecule has 3 aromatic rings. The lowest BCUT2D eigenvalue weighted by Crippen LogP contribution is -2.37. The number of ether oxygens (including phenoxy) is 1. The minimum absolute atomic E-state index is 0.0306. The van der Waals surface area contributed by atoms with E-state index in [-0.39, 0.29) is 18.1 Å². The summed E-state index contributed by atoms with van der Waals surface area (Å²) in [7, 11) is 0. The smallest absolute Gasteiger partial charge is 0.244 e. The largest absolute Gasteiger partial charge is 0.376 e. The van der Waals surface area contributed by atoms with Crippen molar-refractivity contribution in [2.24, 2.45) is 0 Å². The van der Waals surface area contributed by atoms with Gasteiger partial charge in [-0.3, -0.25) is 9.48 Å². The van der Waals surface area contributed by atoms with Crippen molar-refractivity contribution in [1.29, 1.82) is 0 Å². The van der Waals surface area contributed by atoms with E-state index in [2.05, 4.69) is 5.32 Å². The van der Waals surface area contributed by atoms with Gasteiger partial charge in [-0.1, -0.05) is 48.9 Å². The first-order valence-corrected chi connectivity index (χ1v) is 10.2. The number of halogens is 1. The molecular formula is C22H24ClN3O2. The molecule has 2 atom stereocenters. The number of aromatic nitrogens is 2. The Bertz CT molecular complexity index is 965. The molecule has 1 N–H and O–H groups in total. The molecule has 4 rings (SSSR count). The Kier molecular flexibility index (Phi) is 5.64. The van der Waals surface area contributed by atoms with Crippen molar-refractivity contribution >= 4 is 28.4 Å². The zero-order valence-electron chi connectivity index (χ0n) is 15.9. The van der Waals surface area contributed by atoms with Crippen LogP contribution in [0.4, 0.5) is 0 Å². The Morgan fingerprint density at radius 1 is 1.32 bits per heavy atom. The van der Waals surface area contributed by atoms with Gasteiger partial charge in [0.15, 0.2) is 0 Å². The Labute approximate surface area is 169 Å². The summed E-state index contributed by atoms with van der Waals surface area (Å²) in [6.07, 6.45) is 2.82. The van der Waals surface area contributed by atoms with Crippen molar-refractivity contribution in [2.75, 3.05) is 13.2 Å². The van der Waals surface area contributed by atoms with Gasteiger partial charge in [0.25, 0.3) is 0 Å². The van der Waals surface area contributed by atoms with E-state index in [0.29, 0.717) is 18.0 Å². The van der Waals surface area contributed by atoms with Crippen LogP contribution in [-0.4, -0.2) is 34.9 Å². The molecule has 2 unspecified atom stereocenters. The monoisotopic (exact) mass is 397 g/mol. The van der Waals surface area contributed by atoms with E-state index >= 15 is 0 Å². The molecule has 0 radical (unpaired) electrons. The molecule has 1 amide bonds. The Morgan fingerprint density at radius 3 is 2.86 bits per heavy atom. The minimum atomic E-state index is -0.387. The number of hydrogen-bond donors (Lipinski definition) is 1. The van der Waals surface area contributed by atoms with Crippen molar-refractivity contribution in [3.05, 3.63) is 53.6 Å². The van der Waals surface area contributed by atoms with Crippen LogP contribution in [0.2, 0.25) is 5.02 Å². The van der Waals surface area contributed by atoms with E-state index in [1.54, 1.807) is 0 Å². The zero-order valence-corrected chi connectivity index (χ0v) is 16.7. The first-order valence-electron chi connectivity index (χ1n) is 9.80. The number of rotatable bonds is 6. The van der Waals surface area contributed by atoms with Crippen LogP contribution in [0, 0.1) is 0 Å². The van der Waals surface area contributed by atoms with E-state index in [1.165, 1.54) is 0 Å². The first kappa shape index (κ1) is 19.0. The fourth-order valence-electron chi connectivity index (χ4n) is 3.77. The van der Waals surface area contributed by atoms with Gasteiger partial charge in [-0.2, -0.15) is 5.10 Å². The van der Waals surface area contributed by atoms with Crippen molar-refractivity contribution in [2.45, 2.75) is 38.3 Å². The van der Waals surface area contributed by atoms with E-state index in [0.717, 1.165) is 41.6 Å². The van der Waals surface area contributed by atoms with E-state index in [1.807, 2.05) is 60.1 Å². The van der Waals surface area contributed by atoms with Crippen LogP contribution in [0.1, 0.15) is 32.2 Å². The second kappa shape index (κ2) is 8.33. The Hall–Kier alpha value is -2.37. The minimum Gasteiger partial charge on any atom is -0.376 e. The molecule has 1 aromatic heterocycles. The van der Waals surface area contributed by atoms with E-state index in [9.17, 15) is 4.79 Å². The predicted octanol–water partition coefficient (Wildman–Crippen LogP) is 4.60. The average molecular weight is 398 g/mol. The standard InChI is InChI=1S/C22H24ClN3O2/c1-2-19(22(27)24-14-17-9-6-12-28-17)26-20-11-10-16(23)13-18(20)21(25-26)15-7-4-3-5-8-15/h3-5,7-8,10-11,13,17,19H,2,6,9,12,14H2,1H3,(H,24,27). The van der Waals surface area contributed by atoms with Crippen molar-refractivity contribution in [3.8, 4) is 11.3 Å². The number of nitrogens with zero attached hydrogens (tertiary/aromatic N) is 2. The average Bonchev–Trinajstić information content (AvgIpc) is 3.36. The topological polar surface area (TPSA) is 56.1 Å². The molecule has 0 bridgehead atoms. The van der Waals surface area contributed by atoms with Gasteiger partial charge in [0.2, 0.25) is 5.91 Å². The van der Waals surface area contributed by atoms with Gasteiger partial charge in [-0.25, -0.2) is 0 Å². The molecule has 2 aromatic carbocycles.